The number of nitrogens with one attached hydrogen (secondary N) is 1. The zero-order valence-electron chi connectivity index (χ0n) is 9.18. The first kappa shape index (κ1) is 13.7. The van der Waals surface area contributed by atoms with Gasteiger partial charge < -0.3 is 5.21 Å². The maximum absolute atomic E-state index is 10.8. The summed E-state index contributed by atoms with van der Waals surface area (Å²) in [6.45, 7) is 7.26. The largest absolute Gasteiger partial charge is 0.735 e. The van der Waals surface area contributed by atoms with Gasteiger partial charge in [0.25, 0.3) is 0 Å². The molecule has 0 aliphatic heterocycles. The molecule has 0 aromatic rings. The second-order valence-electron chi connectivity index (χ2n) is 3.26. The van der Waals surface area contributed by atoms with Crippen molar-refractivity contribution in [2.24, 2.45) is 0 Å². The van der Waals surface area contributed by atoms with E-state index in [-0.39, 0.29) is 17.5 Å². The van der Waals surface area contributed by atoms with Gasteiger partial charge in [-0.05, 0) is 32.9 Å². The molecule has 14 heavy (non-hydrogen) atoms. The molecule has 0 unspecified atom stereocenters. The molecule has 0 bridgehead atoms. The molecule has 0 fully saturated rings. The van der Waals surface area contributed by atoms with Crippen molar-refractivity contribution in [1.29, 1.82) is 0 Å². The van der Waals surface area contributed by atoms with Crippen LogP contribution >= 0.6 is 0 Å². The van der Waals surface area contributed by atoms with E-state index in [1.54, 1.807) is 0 Å². The number of hydrogen-bond donors (Lipinski definition) is 1. The average Bonchev–Trinajstić information content (AvgIpc) is 1.98. The van der Waals surface area contributed by atoms with E-state index in [0.717, 1.165) is 5.23 Å². The second kappa shape index (κ2) is 7.07. The first-order valence-corrected chi connectivity index (χ1v) is 4.40. The summed E-state index contributed by atoms with van der Waals surface area (Å²) in [6.07, 6.45) is -0.0774. The van der Waals surface area contributed by atoms with Gasteiger partial charge in [0.2, 0.25) is 0 Å². The molecule has 0 heterocycles. The molecular formula is C7H18N3O4-. The van der Waals surface area contributed by atoms with E-state index in [4.69, 9.17) is 4.84 Å². The van der Waals surface area contributed by atoms with Gasteiger partial charge in [-0.2, -0.15) is 15.4 Å². The quantitative estimate of drug-likeness (QED) is 0.619. The Morgan fingerprint density at radius 1 is 1.21 bits per heavy atom. The molecule has 0 atom stereocenters. The van der Waals surface area contributed by atoms with Gasteiger partial charge in [-0.3, -0.25) is 4.84 Å². The lowest BCUT2D eigenvalue weighted by molar-refractivity contribution is -0.521. The van der Waals surface area contributed by atoms with Gasteiger partial charge in [0.05, 0.1) is 6.10 Å². The highest BCUT2D eigenvalue weighted by Crippen LogP contribution is 1.97. The molecule has 0 amide bonds. The first-order valence-electron chi connectivity index (χ1n) is 4.40. The van der Waals surface area contributed by atoms with Crippen molar-refractivity contribution in [2.75, 3.05) is 7.05 Å². The minimum atomic E-state index is -0.0810. The zero-order valence-corrected chi connectivity index (χ0v) is 9.18. The Morgan fingerprint density at radius 2 is 1.79 bits per heavy atom. The van der Waals surface area contributed by atoms with Crippen LogP contribution in [0.5, 0.6) is 0 Å². The van der Waals surface area contributed by atoms with Gasteiger partial charge in [-0.15, -0.1) is 0 Å². The molecule has 0 radical (unpaired) electrons. The van der Waals surface area contributed by atoms with Crippen LogP contribution in [0.2, 0.25) is 0 Å². The minimum absolute atomic E-state index is 0.0198. The number of hydroxylamine groups is 3. The fourth-order valence-corrected chi connectivity index (χ4v) is 0.575. The first-order chi connectivity index (χ1) is 6.41. The molecule has 1 N–H and O–H groups in total. The molecule has 7 nitrogen and oxygen atoms in total. The summed E-state index contributed by atoms with van der Waals surface area (Å²) in [6, 6.07) is 0.0198. The Labute approximate surface area is 83.9 Å². The van der Waals surface area contributed by atoms with Crippen LogP contribution in [0.1, 0.15) is 27.7 Å². The summed E-state index contributed by atoms with van der Waals surface area (Å²) in [5, 5.41) is 11.7. The third-order valence-corrected chi connectivity index (χ3v) is 0.904. The summed E-state index contributed by atoms with van der Waals surface area (Å²) < 4.78 is 0. The SMILES string of the molecule is CC(C)NON([O-])ON(C)OC(C)C. The maximum atomic E-state index is 10.8. The van der Waals surface area contributed by atoms with Crippen molar-refractivity contribution in [3.8, 4) is 0 Å². The van der Waals surface area contributed by atoms with Gasteiger partial charge in [0.15, 0.2) is 0 Å². The van der Waals surface area contributed by atoms with Gasteiger partial charge in [0.1, 0.15) is 0 Å². The van der Waals surface area contributed by atoms with E-state index < -0.39 is 0 Å². The molecule has 7 heteroatoms. The Bertz CT molecular complexity index is 145. The molecule has 0 saturated carbocycles. The van der Waals surface area contributed by atoms with Crippen molar-refractivity contribution < 1.29 is 14.7 Å². The summed E-state index contributed by atoms with van der Waals surface area (Å²) in [7, 11) is 1.45. The molecule has 0 spiro atoms. The zero-order chi connectivity index (χ0) is 11.1. The van der Waals surface area contributed by atoms with E-state index in [9.17, 15) is 5.21 Å². The van der Waals surface area contributed by atoms with E-state index in [2.05, 4.69) is 15.4 Å². The lowest BCUT2D eigenvalue weighted by Gasteiger charge is -2.29. The summed E-state index contributed by atoms with van der Waals surface area (Å²) in [5.41, 5.74) is 2.41. The third kappa shape index (κ3) is 8.32. The van der Waals surface area contributed by atoms with Gasteiger partial charge >= 0.3 is 0 Å². The van der Waals surface area contributed by atoms with E-state index in [1.165, 1.54) is 7.05 Å². The van der Waals surface area contributed by atoms with Gasteiger partial charge in [0, 0.05) is 13.1 Å². The third-order valence-electron chi connectivity index (χ3n) is 0.904. The Morgan fingerprint density at radius 3 is 2.21 bits per heavy atom. The highest BCUT2D eigenvalue weighted by atomic mass is 17.2. The van der Waals surface area contributed by atoms with Crippen LogP contribution in [0.15, 0.2) is 0 Å². The van der Waals surface area contributed by atoms with Crippen LogP contribution in [-0.2, 0) is 14.7 Å². The standard InChI is InChI=1S/C7H18N3O4/c1-6(2)8-13-10(11)14-9(5)12-7(3)4/h6-8H,1-5H3/q-1. The Hall–Kier alpha value is -0.280. The van der Waals surface area contributed by atoms with Crippen molar-refractivity contribution in [2.45, 2.75) is 39.8 Å². The molecule has 86 valence electrons. The number of hydrogen-bond acceptors (Lipinski definition) is 7. The lowest BCUT2D eigenvalue weighted by atomic mass is 10.4. The monoisotopic (exact) mass is 208 g/mol. The van der Waals surface area contributed by atoms with Crippen LogP contribution in [0.4, 0.5) is 0 Å². The van der Waals surface area contributed by atoms with Crippen LogP contribution in [0.3, 0.4) is 0 Å². The van der Waals surface area contributed by atoms with Crippen molar-refractivity contribution >= 4 is 0 Å². The molecule has 0 saturated heterocycles. The highest BCUT2D eigenvalue weighted by molar-refractivity contribution is 4.37. The Kier molecular flexibility index (Phi) is 6.93. The molecule has 0 aromatic carbocycles. The topological polar surface area (TPSA) is 69.3 Å². The highest BCUT2D eigenvalue weighted by Gasteiger charge is 2.04. The van der Waals surface area contributed by atoms with Crippen molar-refractivity contribution in [3.05, 3.63) is 5.21 Å². The van der Waals surface area contributed by atoms with Crippen LogP contribution in [-0.4, -0.2) is 29.8 Å². The van der Waals surface area contributed by atoms with Crippen molar-refractivity contribution in [1.82, 2.24) is 16.1 Å². The predicted molar refractivity (Wildman–Crippen MR) is 49.6 cm³/mol. The normalized spacial score (nSPS) is 12.4. The van der Waals surface area contributed by atoms with E-state index in [1.807, 2.05) is 27.7 Å². The maximum Gasteiger partial charge on any atom is 0.0764 e. The summed E-state index contributed by atoms with van der Waals surface area (Å²) in [5.74, 6) is 0. The second-order valence-corrected chi connectivity index (χ2v) is 3.26. The van der Waals surface area contributed by atoms with Crippen LogP contribution in [0, 0.1) is 5.21 Å². The fraction of sp³-hybridized carbons (Fsp3) is 1.00. The van der Waals surface area contributed by atoms with E-state index in [0.29, 0.717) is 0 Å². The lowest BCUT2D eigenvalue weighted by Crippen LogP contribution is -2.36. The molecule has 0 aliphatic carbocycles. The van der Waals surface area contributed by atoms with Gasteiger partial charge in [-0.1, -0.05) is 5.39 Å². The average molecular weight is 208 g/mol. The summed E-state index contributed by atoms with van der Waals surface area (Å²) in [4.78, 5) is 13.9. The summed E-state index contributed by atoms with van der Waals surface area (Å²) >= 11 is 0. The molecule has 0 rings (SSSR count). The van der Waals surface area contributed by atoms with Crippen LogP contribution in [0.25, 0.3) is 0 Å². The van der Waals surface area contributed by atoms with Crippen molar-refractivity contribution in [3.63, 3.8) is 0 Å². The number of rotatable bonds is 7. The van der Waals surface area contributed by atoms with E-state index >= 15 is 0 Å². The molecule has 0 aliphatic rings. The fourth-order valence-electron chi connectivity index (χ4n) is 0.575. The molecular weight excluding hydrogens is 190 g/mol. The number of nitrogens with zero attached hydrogens (tertiary/aromatic N) is 2. The smallest absolute Gasteiger partial charge is 0.0764 e. The predicted octanol–water partition coefficient (Wildman–Crippen LogP) is 0.749. The van der Waals surface area contributed by atoms with Gasteiger partial charge in [-0.25, -0.2) is 0 Å². The minimum Gasteiger partial charge on any atom is -0.735 e. The van der Waals surface area contributed by atoms with Crippen LogP contribution < -0.4 is 5.48 Å². The Balaban J connectivity index is 3.55. The molecule has 0 aromatic heterocycles.